The standard InChI is InChI=1S/C31H29NO3/c1-4-35-31(34)27-10-7-9-25(19-27)23-12-14-24(15-13-23)29(28-11-6-5-8-21(28)2)20-30(33)26-16-17-32-22(3)18-26/h5-19,29H,4,20H2,1-3H3. The molecular formula is C31H29NO3. The Morgan fingerprint density at radius 1 is 0.829 bits per heavy atom. The number of benzene rings is 3. The molecule has 4 nitrogen and oxygen atoms in total. The summed E-state index contributed by atoms with van der Waals surface area (Å²) >= 11 is 0. The van der Waals surface area contributed by atoms with Gasteiger partial charge in [0.05, 0.1) is 12.2 Å². The number of pyridine rings is 1. The van der Waals surface area contributed by atoms with Crippen LogP contribution in [0.4, 0.5) is 0 Å². The normalized spacial score (nSPS) is 11.6. The smallest absolute Gasteiger partial charge is 0.338 e. The monoisotopic (exact) mass is 463 g/mol. The molecule has 0 saturated heterocycles. The lowest BCUT2D eigenvalue weighted by Crippen LogP contribution is -2.11. The number of hydrogen-bond acceptors (Lipinski definition) is 4. The summed E-state index contributed by atoms with van der Waals surface area (Å²) in [6, 6.07) is 27.5. The Bertz CT molecular complexity index is 1340. The molecule has 4 aromatic rings. The summed E-state index contributed by atoms with van der Waals surface area (Å²) < 4.78 is 5.14. The summed E-state index contributed by atoms with van der Waals surface area (Å²) in [5, 5.41) is 0. The highest BCUT2D eigenvalue weighted by molar-refractivity contribution is 5.97. The number of ketones is 1. The van der Waals surface area contributed by atoms with Crippen molar-refractivity contribution in [1.82, 2.24) is 4.98 Å². The number of nitrogens with zero attached hydrogens (tertiary/aromatic N) is 1. The highest BCUT2D eigenvalue weighted by Crippen LogP contribution is 2.33. The van der Waals surface area contributed by atoms with Crippen LogP contribution < -0.4 is 0 Å². The second-order valence-corrected chi connectivity index (χ2v) is 8.65. The summed E-state index contributed by atoms with van der Waals surface area (Å²) in [4.78, 5) is 29.6. The number of aryl methyl sites for hydroxylation is 2. The van der Waals surface area contributed by atoms with Crippen LogP contribution in [0.25, 0.3) is 11.1 Å². The molecule has 0 radical (unpaired) electrons. The Balaban J connectivity index is 1.66. The van der Waals surface area contributed by atoms with Crippen molar-refractivity contribution in [2.75, 3.05) is 6.61 Å². The Morgan fingerprint density at radius 2 is 1.60 bits per heavy atom. The van der Waals surface area contributed by atoms with Crippen LogP contribution in [0.1, 0.15) is 62.4 Å². The first-order valence-electron chi connectivity index (χ1n) is 11.8. The number of esters is 1. The van der Waals surface area contributed by atoms with E-state index in [9.17, 15) is 9.59 Å². The van der Waals surface area contributed by atoms with Crippen LogP contribution in [0.15, 0.2) is 91.1 Å². The molecule has 0 fully saturated rings. The van der Waals surface area contributed by atoms with Gasteiger partial charge in [-0.05, 0) is 72.9 Å². The van der Waals surface area contributed by atoms with Crippen molar-refractivity contribution < 1.29 is 14.3 Å². The van der Waals surface area contributed by atoms with Crippen LogP contribution in [0.5, 0.6) is 0 Å². The Kier molecular flexibility index (Phi) is 7.51. The van der Waals surface area contributed by atoms with E-state index >= 15 is 0 Å². The van der Waals surface area contributed by atoms with E-state index in [0.29, 0.717) is 24.2 Å². The molecule has 0 bridgehead atoms. The topological polar surface area (TPSA) is 56.3 Å². The lowest BCUT2D eigenvalue weighted by molar-refractivity contribution is 0.0526. The van der Waals surface area contributed by atoms with Crippen LogP contribution in [-0.4, -0.2) is 23.3 Å². The van der Waals surface area contributed by atoms with Gasteiger partial charge < -0.3 is 4.74 Å². The molecule has 0 N–H and O–H groups in total. The van der Waals surface area contributed by atoms with Crippen LogP contribution in [0, 0.1) is 13.8 Å². The van der Waals surface area contributed by atoms with E-state index < -0.39 is 0 Å². The van der Waals surface area contributed by atoms with Gasteiger partial charge in [-0.15, -0.1) is 0 Å². The maximum Gasteiger partial charge on any atom is 0.338 e. The average molecular weight is 464 g/mol. The largest absolute Gasteiger partial charge is 0.462 e. The van der Waals surface area contributed by atoms with Crippen LogP contribution in [0.2, 0.25) is 0 Å². The van der Waals surface area contributed by atoms with E-state index in [4.69, 9.17) is 4.74 Å². The highest BCUT2D eigenvalue weighted by atomic mass is 16.5. The fraction of sp³-hybridized carbons (Fsp3) is 0.194. The quantitative estimate of drug-likeness (QED) is 0.210. The van der Waals surface area contributed by atoms with Crippen molar-refractivity contribution in [3.8, 4) is 11.1 Å². The van der Waals surface area contributed by atoms with Crippen molar-refractivity contribution in [3.05, 3.63) is 125 Å². The van der Waals surface area contributed by atoms with Gasteiger partial charge in [-0.2, -0.15) is 0 Å². The van der Waals surface area contributed by atoms with Crippen LogP contribution >= 0.6 is 0 Å². The van der Waals surface area contributed by atoms with Gasteiger partial charge in [0.1, 0.15) is 0 Å². The molecule has 35 heavy (non-hydrogen) atoms. The third-order valence-corrected chi connectivity index (χ3v) is 6.19. The van der Waals surface area contributed by atoms with Crippen molar-refractivity contribution in [2.24, 2.45) is 0 Å². The van der Waals surface area contributed by atoms with E-state index in [-0.39, 0.29) is 17.7 Å². The van der Waals surface area contributed by atoms with Gasteiger partial charge in [-0.25, -0.2) is 4.79 Å². The van der Waals surface area contributed by atoms with Gasteiger partial charge in [-0.3, -0.25) is 9.78 Å². The number of ether oxygens (including phenoxy) is 1. The number of aromatic nitrogens is 1. The van der Waals surface area contributed by atoms with Gasteiger partial charge in [0.25, 0.3) is 0 Å². The Morgan fingerprint density at radius 3 is 2.31 bits per heavy atom. The van der Waals surface area contributed by atoms with Crippen molar-refractivity contribution >= 4 is 11.8 Å². The summed E-state index contributed by atoms with van der Waals surface area (Å²) in [5.41, 5.74) is 7.36. The first kappa shape index (κ1) is 24.1. The fourth-order valence-electron chi connectivity index (χ4n) is 4.36. The fourth-order valence-corrected chi connectivity index (χ4v) is 4.36. The molecule has 1 heterocycles. The summed E-state index contributed by atoms with van der Waals surface area (Å²) in [7, 11) is 0. The third-order valence-electron chi connectivity index (χ3n) is 6.19. The first-order chi connectivity index (χ1) is 17.0. The van der Waals surface area contributed by atoms with Gasteiger partial charge in [0.15, 0.2) is 5.78 Å². The molecule has 0 amide bonds. The SMILES string of the molecule is CCOC(=O)c1cccc(-c2ccc(C(CC(=O)c3ccnc(C)c3)c3ccccc3C)cc2)c1. The van der Waals surface area contributed by atoms with E-state index in [1.165, 1.54) is 0 Å². The minimum atomic E-state index is -0.324. The van der Waals surface area contributed by atoms with E-state index in [1.54, 1.807) is 25.3 Å². The zero-order valence-corrected chi connectivity index (χ0v) is 20.3. The molecule has 4 rings (SSSR count). The summed E-state index contributed by atoms with van der Waals surface area (Å²) in [6.45, 7) is 6.12. The minimum absolute atomic E-state index is 0.0721. The van der Waals surface area contributed by atoms with Gasteiger partial charge in [0, 0.05) is 29.8 Å². The Labute approximate surface area is 206 Å². The molecule has 3 aromatic carbocycles. The molecule has 0 spiro atoms. The first-order valence-corrected chi connectivity index (χ1v) is 11.8. The number of hydrogen-bond donors (Lipinski definition) is 0. The van der Waals surface area contributed by atoms with Gasteiger partial charge >= 0.3 is 5.97 Å². The molecular weight excluding hydrogens is 434 g/mol. The van der Waals surface area contributed by atoms with Gasteiger partial charge in [-0.1, -0.05) is 60.7 Å². The van der Waals surface area contributed by atoms with E-state index in [0.717, 1.165) is 33.5 Å². The predicted molar refractivity (Wildman–Crippen MR) is 139 cm³/mol. The molecule has 1 unspecified atom stereocenters. The van der Waals surface area contributed by atoms with E-state index in [1.807, 2.05) is 55.5 Å². The number of Topliss-reactive ketones (excluding diaryl/α,β-unsaturated/α-hetero) is 1. The zero-order valence-electron chi connectivity index (χ0n) is 20.3. The number of rotatable bonds is 8. The number of carbonyl (C=O) groups excluding carboxylic acids is 2. The molecule has 0 aliphatic carbocycles. The third kappa shape index (κ3) is 5.72. The molecule has 1 atom stereocenters. The molecule has 176 valence electrons. The Hall–Kier alpha value is -4.05. The van der Waals surface area contributed by atoms with Crippen molar-refractivity contribution in [2.45, 2.75) is 33.1 Å². The maximum atomic E-state index is 13.2. The van der Waals surface area contributed by atoms with Crippen molar-refractivity contribution in [1.29, 1.82) is 0 Å². The average Bonchev–Trinajstić information content (AvgIpc) is 2.88. The van der Waals surface area contributed by atoms with Gasteiger partial charge in [0.2, 0.25) is 0 Å². The van der Waals surface area contributed by atoms with Crippen molar-refractivity contribution in [3.63, 3.8) is 0 Å². The highest BCUT2D eigenvalue weighted by Gasteiger charge is 2.21. The summed E-state index contributed by atoms with van der Waals surface area (Å²) in [6.07, 6.45) is 2.05. The summed E-state index contributed by atoms with van der Waals surface area (Å²) in [5.74, 6) is -0.303. The zero-order chi connectivity index (χ0) is 24.8. The number of carbonyl (C=O) groups is 2. The second-order valence-electron chi connectivity index (χ2n) is 8.65. The lowest BCUT2D eigenvalue weighted by atomic mass is 9.83. The minimum Gasteiger partial charge on any atom is -0.462 e. The van der Waals surface area contributed by atoms with Crippen LogP contribution in [0.3, 0.4) is 0 Å². The molecule has 1 aromatic heterocycles. The molecule has 0 aliphatic rings. The van der Waals surface area contributed by atoms with Crippen LogP contribution in [-0.2, 0) is 4.74 Å². The lowest BCUT2D eigenvalue weighted by Gasteiger charge is -2.20. The maximum absolute atomic E-state index is 13.2. The molecule has 0 saturated carbocycles. The predicted octanol–water partition coefficient (Wildman–Crippen LogP) is 6.95. The second kappa shape index (κ2) is 10.9. The molecule has 4 heteroatoms. The molecule has 0 aliphatic heterocycles. The van der Waals surface area contributed by atoms with E-state index in [2.05, 4.69) is 36.2 Å².